The largest absolute Gasteiger partial charge is 0.353 e. The van der Waals surface area contributed by atoms with E-state index < -0.39 is 0 Å². The molecule has 0 radical (unpaired) electrons. The van der Waals surface area contributed by atoms with Crippen LogP contribution < -0.4 is 10.7 Å². The van der Waals surface area contributed by atoms with E-state index in [1.807, 2.05) is 29.1 Å². The monoisotopic (exact) mass is 234 g/mol. The van der Waals surface area contributed by atoms with Crippen LogP contribution >= 0.6 is 0 Å². The summed E-state index contributed by atoms with van der Waals surface area (Å²) in [5.41, 5.74) is 2.69. The Morgan fingerprint density at radius 1 is 1.41 bits per heavy atom. The number of nitrogens with zero attached hydrogens (tertiary/aromatic N) is 2. The van der Waals surface area contributed by atoms with E-state index in [-0.39, 0.29) is 11.8 Å². The maximum absolute atomic E-state index is 11.6. The van der Waals surface area contributed by atoms with Crippen molar-refractivity contribution < 1.29 is 9.59 Å². The first-order valence-corrected chi connectivity index (χ1v) is 5.50. The number of nitrogens with one attached hydrogen (secondary N) is 2. The predicted octanol–water partition coefficient (Wildman–Crippen LogP) is -0.130. The third kappa shape index (κ3) is 3.17. The first-order chi connectivity index (χ1) is 8.25. The minimum Gasteiger partial charge on any atom is -0.353 e. The Morgan fingerprint density at radius 3 is 2.82 bits per heavy atom. The van der Waals surface area contributed by atoms with Gasteiger partial charge in [-0.1, -0.05) is 0 Å². The standard InChI is InChI=1S/C11H14N4O2/c16-10-4-3-9(13-14-10)11(17)12-5-8-15-6-1-2-7-15/h1-2,6-7H,3-5,8H2,(H,12,17)(H,14,16). The molecule has 0 atom stereocenters. The molecule has 2 heterocycles. The zero-order chi connectivity index (χ0) is 12.1. The number of hydrogen-bond donors (Lipinski definition) is 2. The van der Waals surface area contributed by atoms with Gasteiger partial charge in [0, 0.05) is 38.3 Å². The van der Waals surface area contributed by atoms with Crippen LogP contribution in [0, 0.1) is 0 Å². The summed E-state index contributed by atoms with van der Waals surface area (Å²) in [6.45, 7) is 1.26. The molecule has 6 heteroatoms. The predicted molar refractivity (Wildman–Crippen MR) is 62.3 cm³/mol. The summed E-state index contributed by atoms with van der Waals surface area (Å²) < 4.78 is 1.98. The summed E-state index contributed by atoms with van der Waals surface area (Å²) in [7, 11) is 0. The minimum absolute atomic E-state index is 0.145. The van der Waals surface area contributed by atoms with E-state index in [1.165, 1.54) is 0 Å². The van der Waals surface area contributed by atoms with Crippen LogP contribution in [0.3, 0.4) is 0 Å². The number of carbonyl (C=O) groups is 2. The lowest BCUT2D eigenvalue weighted by atomic mass is 10.1. The molecule has 2 amide bonds. The van der Waals surface area contributed by atoms with E-state index in [2.05, 4.69) is 15.8 Å². The van der Waals surface area contributed by atoms with Crippen LogP contribution in [0.25, 0.3) is 0 Å². The smallest absolute Gasteiger partial charge is 0.267 e. The summed E-state index contributed by atoms with van der Waals surface area (Å²) >= 11 is 0. The maximum atomic E-state index is 11.6. The van der Waals surface area contributed by atoms with Crippen LogP contribution in [0.1, 0.15) is 12.8 Å². The molecule has 2 N–H and O–H groups in total. The van der Waals surface area contributed by atoms with Crippen LogP contribution in [0.4, 0.5) is 0 Å². The number of carbonyl (C=O) groups excluding carboxylic acids is 2. The molecule has 0 fully saturated rings. The van der Waals surface area contributed by atoms with Gasteiger partial charge in [-0.2, -0.15) is 5.10 Å². The highest BCUT2D eigenvalue weighted by Gasteiger charge is 2.17. The zero-order valence-electron chi connectivity index (χ0n) is 9.35. The maximum Gasteiger partial charge on any atom is 0.267 e. The second-order valence-corrected chi connectivity index (χ2v) is 3.77. The molecule has 1 aromatic rings. The lowest BCUT2D eigenvalue weighted by Crippen LogP contribution is -2.38. The van der Waals surface area contributed by atoms with Crippen LogP contribution in [0.5, 0.6) is 0 Å². The molecule has 0 aliphatic carbocycles. The molecular weight excluding hydrogens is 220 g/mol. The average molecular weight is 234 g/mol. The summed E-state index contributed by atoms with van der Waals surface area (Å²) in [6.07, 6.45) is 4.60. The van der Waals surface area contributed by atoms with Gasteiger partial charge in [0.2, 0.25) is 5.91 Å². The van der Waals surface area contributed by atoms with Crippen molar-refractivity contribution in [2.75, 3.05) is 6.54 Å². The Kier molecular flexibility index (Phi) is 3.54. The van der Waals surface area contributed by atoms with Gasteiger partial charge in [0.05, 0.1) is 0 Å². The molecule has 0 unspecified atom stereocenters. The van der Waals surface area contributed by atoms with E-state index in [1.54, 1.807) is 0 Å². The Hall–Kier alpha value is -2.11. The normalized spacial score (nSPS) is 15.1. The Bertz CT molecular complexity index is 436. The summed E-state index contributed by atoms with van der Waals surface area (Å²) in [5.74, 6) is -0.356. The molecule has 0 saturated heterocycles. The highest BCUT2D eigenvalue weighted by Crippen LogP contribution is 1.99. The number of hydrazone groups is 1. The Morgan fingerprint density at radius 2 is 2.18 bits per heavy atom. The molecular formula is C11H14N4O2. The summed E-state index contributed by atoms with van der Waals surface area (Å²) in [4.78, 5) is 22.5. The third-order valence-electron chi connectivity index (χ3n) is 2.49. The lowest BCUT2D eigenvalue weighted by Gasteiger charge is -2.12. The molecule has 1 aliphatic heterocycles. The van der Waals surface area contributed by atoms with Gasteiger partial charge in [0.1, 0.15) is 5.71 Å². The fraction of sp³-hybridized carbons (Fsp3) is 0.364. The van der Waals surface area contributed by atoms with Crippen LogP contribution in [-0.2, 0) is 16.1 Å². The second kappa shape index (κ2) is 5.29. The molecule has 0 aromatic carbocycles. The highest BCUT2D eigenvalue weighted by atomic mass is 16.2. The molecule has 90 valence electrons. The van der Waals surface area contributed by atoms with Crippen LogP contribution in [-0.4, -0.2) is 28.6 Å². The van der Waals surface area contributed by atoms with Crippen molar-refractivity contribution in [3.8, 4) is 0 Å². The molecule has 0 spiro atoms. The fourth-order valence-corrected chi connectivity index (χ4v) is 1.56. The van der Waals surface area contributed by atoms with Gasteiger partial charge in [-0.3, -0.25) is 9.59 Å². The highest BCUT2D eigenvalue weighted by molar-refractivity contribution is 6.39. The quantitative estimate of drug-likeness (QED) is 0.761. The first-order valence-electron chi connectivity index (χ1n) is 5.50. The second-order valence-electron chi connectivity index (χ2n) is 3.77. The van der Waals surface area contributed by atoms with Crippen molar-refractivity contribution in [2.45, 2.75) is 19.4 Å². The number of rotatable bonds is 4. The van der Waals surface area contributed by atoms with Crippen molar-refractivity contribution >= 4 is 17.5 Å². The Balaban J connectivity index is 1.76. The van der Waals surface area contributed by atoms with E-state index >= 15 is 0 Å². The SMILES string of the molecule is O=C1CCC(C(=O)NCCn2cccc2)=NN1. The van der Waals surface area contributed by atoms with Gasteiger partial charge in [0.15, 0.2) is 0 Å². The topological polar surface area (TPSA) is 75.5 Å². The van der Waals surface area contributed by atoms with Gasteiger partial charge in [-0.05, 0) is 12.1 Å². The van der Waals surface area contributed by atoms with Crippen molar-refractivity contribution in [3.63, 3.8) is 0 Å². The summed E-state index contributed by atoms with van der Waals surface area (Å²) in [6, 6.07) is 3.87. The average Bonchev–Trinajstić information content (AvgIpc) is 2.83. The number of amides is 2. The van der Waals surface area contributed by atoms with E-state index in [4.69, 9.17) is 0 Å². The van der Waals surface area contributed by atoms with Gasteiger partial charge in [-0.25, -0.2) is 5.43 Å². The van der Waals surface area contributed by atoms with Crippen LogP contribution in [0.15, 0.2) is 29.6 Å². The van der Waals surface area contributed by atoms with Gasteiger partial charge in [0.25, 0.3) is 5.91 Å². The van der Waals surface area contributed by atoms with Crippen molar-refractivity contribution in [2.24, 2.45) is 5.10 Å². The molecule has 0 saturated carbocycles. The molecule has 17 heavy (non-hydrogen) atoms. The Labute approximate surface area is 98.7 Å². The van der Waals surface area contributed by atoms with E-state index in [9.17, 15) is 9.59 Å². The molecule has 6 nitrogen and oxygen atoms in total. The molecule has 1 aromatic heterocycles. The first kappa shape index (κ1) is 11.4. The molecule has 0 bridgehead atoms. The van der Waals surface area contributed by atoms with Crippen molar-refractivity contribution in [1.29, 1.82) is 0 Å². The lowest BCUT2D eigenvalue weighted by molar-refractivity contribution is -0.121. The summed E-state index contributed by atoms with van der Waals surface area (Å²) in [5, 5.41) is 6.49. The third-order valence-corrected chi connectivity index (χ3v) is 2.49. The van der Waals surface area contributed by atoms with E-state index in [0.29, 0.717) is 25.1 Å². The number of aromatic nitrogens is 1. The van der Waals surface area contributed by atoms with Crippen molar-refractivity contribution in [3.05, 3.63) is 24.5 Å². The molecule has 2 rings (SSSR count). The van der Waals surface area contributed by atoms with Gasteiger partial charge < -0.3 is 9.88 Å². The van der Waals surface area contributed by atoms with Crippen LogP contribution in [0.2, 0.25) is 0 Å². The zero-order valence-corrected chi connectivity index (χ0v) is 9.35. The molecule has 1 aliphatic rings. The van der Waals surface area contributed by atoms with Gasteiger partial charge >= 0.3 is 0 Å². The van der Waals surface area contributed by atoms with Gasteiger partial charge in [-0.15, -0.1) is 0 Å². The fourth-order valence-electron chi connectivity index (χ4n) is 1.56. The van der Waals surface area contributed by atoms with Crippen molar-refractivity contribution in [1.82, 2.24) is 15.3 Å². The number of hydrogen-bond acceptors (Lipinski definition) is 3. The van der Waals surface area contributed by atoms with E-state index in [0.717, 1.165) is 6.54 Å². The minimum atomic E-state index is -0.211.